The third-order valence-electron chi connectivity index (χ3n) is 6.77. The zero-order valence-electron chi connectivity index (χ0n) is 19.4. The standard InChI is InChI=1S/C28H30FN3O/c1-20-15-26(29)27-6-3-5-23(19-32(27)18-20)25-17-22-7-9-24(16-21(22)8-10-28(25)33)31-12-4-11-30(2)13-14-31/h3,5-7,9,15-19H,4,8,10-14H2,1-2H3. The smallest absolute Gasteiger partial charge is 0.163 e. The van der Waals surface area contributed by atoms with E-state index in [1.807, 2.05) is 37.6 Å². The molecule has 1 aromatic carbocycles. The Morgan fingerprint density at radius 2 is 1.88 bits per heavy atom. The number of fused-ring (bicyclic) bond motifs is 2. The van der Waals surface area contributed by atoms with Crippen LogP contribution in [0.4, 0.5) is 10.1 Å². The van der Waals surface area contributed by atoms with Gasteiger partial charge in [0.15, 0.2) is 5.78 Å². The molecule has 1 aromatic rings. The van der Waals surface area contributed by atoms with Crippen molar-refractivity contribution in [3.8, 4) is 0 Å². The number of hydrogen-bond acceptors (Lipinski definition) is 4. The van der Waals surface area contributed by atoms with E-state index in [2.05, 4.69) is 35.0 Å². The molecule has 0 unspecified atom stereocenters. The summed E-state index contributed by atoms with van der Waals surface area (Å²) in [7, 11) is 2.18. The van der Waals surface area contributed by atoms with Crippen LogP contribution in [-0.4, -0.2) is 48.8 Å². The van der Waals surface area contributed by atoms with Gasteiger partial charge in [-0.15, -0.1) is 0 Å². The van der Waals surface area contributed by atoms with Gasteiger partial charge in [0.25, 0.3) is 0 Å². The molecule has 0 aromatic heterocycles. The Bertz CT molecular complexity index is 1170. The molecule has 0 saturated carbocycles. The van der Waals surface area contributed by atoms with E-state index in [1.54, 1.807) is 11.0 Å². The Kier molecular flexibility index (Phi) is 5.90. The molecule has 3 aliphatic heterocycles. The SMILES string of the molecule is CC1=CN2C=C(C3=Cc4ccc(N5CCCN(C)CC5)cc4CCC3=O)C=CC=C2C(F)=C1. The van der Waals surface area contributed by atoms with E-state index >= 15 is 0 Å². The van der Waals surface area contributed by atoms with Crippen LogP contribution in [0.15, 0.2) is 83.1 Å². The highest BCUT2D eigenvalue weighted by Gasteiger charge is 2.23. The van der Waals surface area contributed by atoms with Crippen LogP contribution >= 0.6 is 0 Å². The fraction of sp³-hybridized carbons (Fsp3) is 0.321. The number of likely N-dealkylation sites (N-methyl/N-ethyl adjacent to an activating group) is 1. The third-order valence-corrected chi connectivity index (χ3v) is 6.77. The molecule has 0 spiro atoms. The molecule has 0 N–H and O–H groups in total. The van der Waals surface area contributed by atoms with Gasteiger partial charge in [0.05, 0.1) is 5.70 Å². The lowest BCUT2D eigenvalue weighted by atomic mass is 9.99. The van der Waals surface area contributed by atoms with Crippen molar-refractivity contribution < 1.29 is 9.18 Å². The average molecular weight is 444 g/mol. The number of ketones is 1. The number of carbonyl (C=O) groups excluding carboxylic acids is 1. The molecule has 1 fully saturated rings. The number of anilines is 1. The van der Waals surface area contributed by atoms with Crippen molar-refractivity contribution in [2.24, 2.45) is 0 Å². The van der Waals surface area contributed by atoms with E-state index in [-0.39, 0.29) is 11.6 Å². The van der Waals surface area contributed by atoms with Gasteiger partial charge in [0.1, 0.15) is 5.83 Å². The summed E-state index contributed by atoms with van der Waals surface area (Å²) in [6.07, 6.45) is 15.1. The molecule has 0 atom stereocenters. The minimum atomic E-state index is -0.268. The number of Topliss-reactive ketones (excluding diaryl/α,β-unsaturated/α-hetero) is 1. The summed E-state index contributed by atoms with van der Waals surface area (Å²) in [4.78, 5) is 19.8. The molecule has 3 heterocycles. The van der Waals surface area contributed by atoms with E-state index in [0.717, 1.165) is 55.7 Å². The minimum absolute atomic E-state index is 0.122. The molecule has 170 valence electrons. The maximum atomic E-state index is 14.5. The molecule has 33 heavy (non-hydrogen) atoms. The molecule has 5 heteroatoms. The molecule has 4 nitrogen and oxygen atoms in total. The quantitative estimate of drug-likeness (QED) is 0.633. The molecule has 4 aliphatic rings. The first kappa shape index (κ1) is 21.7. The van der Waals surface area contributed by atoms with Crippen molar-refractivity contribution in [2.45, 2.75) is 26.2 Å². The summed E-state index contributed by atoms with van der Waals surface area (Å²) in [6, 6.07) is 6.60. The zero-order valence-corrected chi connectivity index (χ0v) is 19.4. The second-order valence-electron chi connectivity index (χ2n) is 9.28. The molecule has 0 bridgehead atoms. The summed E-state index contributed by atoms with van der Waals surface area (Å²) in [5.74, 6) is -0.145. The molecule has 1 aliphatic carbocycles. The lowest BCUT2D eigenvalue weighted by Gasteiger charge is -2.24. The van der Waals surface area contributed by atoms with Crippen LogP contribution < -0.4 is 4.90 Å². The Morgan fingerprint density at radius 1 is 1.00 bits per heavy atom. The van der Waals surface area contributed by atoms with Crippen LogP contribution in [0.1, 0.15) is 30.9 Å². The molecule has 0 amide bonds. The first-order valence-electron chi connectivity index (χ1n) is 11.7. The Hall–Kier alpha value is -3.18. The Labute approximate surface area is 195 Å². The van der Waals surface area contributed by atoms with Crippen LogP contribution in [0, 0.1) is 0 Å². The second-order valence-corrected chi connectivity index (χ2v) is 9.28. The van der Waals surface area contributed by atoms with Crippen molar-refractivity contribution in [1.82, 2.24) is 9.80 Å². The van der Waals surface area contributed by atoms with Crippen molar-refractivity contribution in [3.05, 3.63) is 94.3 Å². The van der Waals surface area contributed by atoms with Crippen LogP contribution in [0.2, 0.25) is 0 Å². The van der Waals surface area contributed by atoms with Gasteiger partial charge in [-0.1, -0.05) is 18.2 Å². The van der Waals surface area contributed by atoms with Crippen molar-refractivity contribution in [3.63, 3.8) is 0 Å². The second kappa shape index (κ2) is 8.99. The lowest BCUT2D eigenvalue weighted by molar-refractivity contribution is -0.115. The van der Waals surface area contributed by atoms with E-state index < -0.39 is 0 Å². The van der Waals surface area contributed by atoms with Crippen LogP contribution in [0.25, 0.3) is 6.08 Å². The van der Waals surface area contributed by atoms with Crippen molar-refractivity contribution >= 4 is 17.5 Å². The van der Waals surface area contributed by atoms with Gasteiger partial charge in [-0.05, 0) is 80.4 Å². The highest BCUT2D eigenvalue weighted by molar-refractivity contribution is 6.05. The van der Waals surface area contributed by atoms with Gasteiger partial charge in [-0.3, -0.25) is 4.79 Å². The number of nitrogens with zero attached hydrogens (tertiary/aromatic N) is 3. The molecule has 5 rings (SSSR count). The first-order valence-corrected chi connectivity index (χ1v) is 11.7. The normalized spacial score (nSPS) is 21.5. The highest BCUT2D eigenvalue weighted by atomic mass is 19.1. The molecular weight excluding hydrogens is 413 g/mol. The predicted octanol–water partition coefficient (Wildman–Crippen LogP) is 5.14. The summed E-state index contributed by atoms with van der Waals surface area (Å²) in [6.45, 7) is 6.15. The van der Waals surface area contributed by atoms with Crippen LogP contribution in [-0.2, 0) is 11.2 Å². The molecule has 0 radical (unpaired) electrons. The Morgan fingerprint density at radius 3 is 2.76 bits per heavy atom. The van der Waals surface area contributed by atoms with Crippen molar-refractivity contribution in [2.75, 3.05) is 38.1 Å². The van der Waals surface area contributed by atoms with Gasteiger partial charge in [-0.2, -0.15) is 0 Å². The van der Waals surface area contributed by atoms with E-state index in [0.29, 0.717) is 17.7 Å². The largest absolute Gasteiger partial charge is 0.370 e. The lowest BCUT2D eigenvalue weighted by Crippen LogP contribution is -2.28. The van der Waals surface area contributed by atoms with Gasteiger partial charge in [0.2, 0.25) is 0 Å². The summed E-state index contributed by atoms with van der Waals surface area (Å²) in [5.41, 5.74) is 6.36. The molecular formula is C28H30FN3O. The zero-order chi connectivity index (χ0) is 22.9. The number of benzene rings is 1. The van der Waals surface area contributed by atoms with Crippen molar-refractivity contribution in [1.29, 1.82) is 0 Å². The number of halogens is 1. The fourth-order valence-electron chi connectivity index (χ4n) is 4.91. The number of allylic oxidation sites excluding steroid dienone is 8. The van der Waals surface area contributed by atoms with Gasteiger partial charge >= 0.3 is 0 Å². The van der Waals surface area contributed by atoms with Crippen LogP contribution in [0.3, 0.4) is 0 Å². The maximum Gasteiger partial charge on any atom is 0.163 e. The predicted molar refractivity (Wildman–Crippen MR) is 132 cm³/mol. The van der Waals surface area contributed by atoms with E-state index in [4.69, 9.17) is 0 Å². The highest BCUT2D eigenvalue weighted by Crippen LogP contribution is 2.33. The Balaban J connectivity index is 1.47. The van der Waals surface area contributed by atoms with Gasteiger partial charge in [-0.25, -0.2) is 4.39 Å². The summed E-state index contributed by atoms with van der Waals surface area (Å²) < 4.78 is 14.5. The summed E-state index contributed by atoms with van der Waals surface area (Å²) in [5, 5.41) is 0. The van der Waals surface area contributed by atoms with Crippen LogP contribution in [0.5, 0.6) is 0 Å². The first-order chi connectivity index (χ1) is 16.0. The number of carbonyl (C=O) groups is 1. The number of aryl methyl sites for hydroxylation is 1. The fourth-order valence-corrected chi connectivity index (χ4v) is 4.91. The average Bonchev–Trinajstić information content (AvgIpc) is 3.20. The topological polar surface area (TPSA) is 26.8 Å². The minimum Gasteiger partial charge on any atom is -0.370 e. The number of hydrogen-bond donors (Lipinski definition) is 0. The monoisotopic (exact) mass is 443 g/mol. The van der Waals surface area contributed by atoms with Gasteiger partial charge < -0.3 is 14.7 Å². The summed E-state index contributed by atoms with van der Waals surface area (Å²) >= 11 is 0. The van der Waals surface area contributed by atoms with Gasteiger partial charge in [0, 0.05) is 55.3 Å². The molecule has 1 saturated heterocycles. The number of rotatable bonds is 2. The van der Waals surface area contributed by atoms with E-state index in [9.17, 15) is 9.18 Å². The maximum absolute atomic E-state index is 14.5. The van der Waals surface area contributed by atoms with E-state index in [1.165, 1.54) is 17.3 Å². The third kappa shape index (κ3) is 4.51.